The minimum Gasteiger partial charge on any atom is -0.481 e. The van der Waals surface area contributed by atoms with Crippen molar-refractivity contribution in [3.8, 4) is 5.88 Å². The molecule has 0 bridgehead atoms. The summed E-state index contributed by atoms with van der Waals surface area (Å²) in [6, 6.07) is 5.29. The lowest BCUT2D eigenvalue weighted by atomic mass is 9.86. The number of nitrogens with zero attached hydrogens (tertiary/aromatic N) is 5. The van der Waals surface area contributed by atoms with Crippen LogP contribution in [0.15, 0.2) is 30.6 Å². The van der Waals surface area contributed by atoms with Crippen LogP contribution in [0.4, 0.5) is 13.2 Å². The van der Waals surface area contributed by atoms with Crippen LogP contribution in [0.3, 0.4) is 0 Å². The molecule has 0 atom stereocenters. The number of halogens is 4. The number of hydrogen-bond donors (Lipinski definition) is 2. The molecule has 0 saturated carbocycles. The first-order valence-corrected chi connectivity index (χ1v) is 12.5. The van der Waals surface area contributed by atoms with Gasteiger partial charge in [0, 0.05) is 38.1 Å². The van der Waals surface area contributed by atoms with Gasteiger partial charge in [-0.15, -0.1) is 0 Å². The Morgan fingerprint density at radius 3 is 2.18 bits per heavy atom. The van der Waals surface area contributed by atoms with Gasteiger partial charge in [-0.2, -0.15) is 13.2 Å². The van der Waals surface area contributed by atoms with E-state index in [2.05, 4.69) is 25.0 Å². The van der Waals surface area contributed by atoms with Crippen molar-refractivity contribution in [1.29, 1.82) is 0 Å². The maximum absolute atomic E-state index is 12.4. The highest BCUT2D eigenvalue weighted by Gasteiger charge is 2.40. The molecule has 3 aromatic heterocycles. The number of aryl methyl sites for hydroxylation is 2. The fraction of sp³-hybridized carbons (Fsp3) is 0.423. The number of benzene rings is 1. The Labute approximate surface area is 228 Å². The van der Waals surface area contributed by atoms with Crippen LogP contribution in [-0.4, -0.2) is 62.2 Å². The minimum absolute atomic E-state index is 0.133. The monoisotopic (exact) mass is 566 g/mol. The fourth-order valence-electron chi connectivity index (χ4n) is 4.44. The van der Waals surface area contributed by atoms with Gasteiger partial charge in [0.15, 0.2) is 5.60 Å². The highest BCUT2D eigenvalue weighted by molar-refractivity contribution is 6.36. The summed E-state index contributed by atoms with van der Waals surface area (Å²) in [7, 11) is 5.12. The molecule has 0 amide bonds. The van der Waals surface area contributed by atoms with Crippen LogP contribution in [0.5, 0.6) is 5.88 Å². The number of aromatic nitrogens is 5. The number of rotatable bonds is 10. The van der Waals surface area contributed by atoms with E-state index in [1.807, 2.05) is 37.1 Å². The summed E-state index contributed by atoms with van der Waals surface area (Å²) in [5.41, 5.74) is 1.05. The number of aliphatic hydroxyl groups is 1. The van der Waals surface area contributed by atoms with E-state index < -0.39 is 18.4 Å². The molecule has 3 heterocycles. The minimum atomic E-state index is -4.38. The number of methoxy groups -OCH3 is 1. The fourth-order valence-corrected chi connectivity index (χ4v) is 4.74. The molecule has 0 aliphatic heterocycles. The standard InChI is InChI=1S/C26H30ClF3N6O3/c1-15-32-12-21(35(15)3)26(37,22-13-33-16(2)36(22)4)17-6-7-20-18(10-17)23(27)19(24(34-20)38-5)11-31-8-9-39-14-25(28,29)30/h6-7,10,12-13,31,37H,8-9,11,14H2,1-5H3. The van der Waals surface area contributed by atoms with Crippen molar-refractivity contribution in [3.05, 3.63) is 69.8 Å². The van der Waals surface area contributed by atoms with Gasteiger partial charge in [0.2, 0.25) is 5.88 Å². The zero-order valence-electron chi connectivity index (χ0n) is 22.2. The van der Waals surface area contributed by atoms with Crippen molar-refractivity contribution in [2.24, 2.45) is 14.1 Å². The Kier molecular flexibility index (Phi) is 8.22. The van der Waals surface area contributed by atoms with Crippen LogP contribution in [0.2, 0.25) is 5.02 Å². The Morgan fingerprint density at radius 1 is 1.05 bits per heavy atom. The second-order valence-corrected chi connectivity index (χ2v) is 9.58. The Hall–Kier alpha value is -3.19. The Balaban J connectivity index is 1.75. The summed E-state index contributed by atoms with van der Waals surface area (Å²) in [5, 5.41) is 16.3. The van der Waals surface area contributed by atoms with Crippen molar-refractivity contribution in [2.75, 3.05) is 26.9 Å². The van der Waals surface area contributed by atoms with E-state index in [1.54, 1.807) is 30.6 Å². The molecule has 2 N–H and O–H groups in total. The molecule has 0 unspecified atom stereocenters. The maximum atomic E-state index is 12.4. The van der Waals surface area contributed by atoms with Crippen LogP contribution in [-0.2, 0) is 31.0 Å². The lowest BCUT2D eigenvalue weighted by Gasteiger charge is -2.30. The second-order valence-electron chi connectivity index (χ2n) is 9.20. The molecule has 0 saturated heterocycles. The van der Waals surface area contributed by atoms with Crippen LogP contribution in [0.25, 0.3) is 10.9 Å². The first kappa shape index (κ1) is 28.8. The van der Waals surface area contributed by atoms with Gasteiger partial charge in [0.25, 0.3) is 0 Å². The zero-order valence-corrected chi connectivity index (χ0v) is 23.0. The first-order valence-electron chi connectivity index (χ1n) is 12.1. The second kappa shape index (κ2) is 11.1. The van der Waals surface area contributed by atoms with Crippen molar-refractivity contribution < 1.29 is 27.8 Å². The van der Waals surface area contributed by atoms with E-state index in [1.165, 1.54) is 7.11 Å². The van der Waals surface area contributed by atoms with Crippen LogP contribution in [0.1, 0.15) is 34.2 Å². The smallest absolute Gasteiger partial charge is 0.411 e. The number of imidazole rings is 2. The maximum Gasteiger partial charge on any atom is 0.411 e. The van der Waals surface area contributed by atoms with E-state index in [9.17, 15) is 18.3 Å². The van der Waals surface area contributed by atoms with Gasteiger partial charge in [0.05, 0.1) is 48.0 Å². The molecule has 4 rings (SSSR count). The highest BCUT2D eigenvalue weighted by atomic mass is 35.5. The van der Waals surface area contributed by atoms with E-state index in [0.717, 1.165) is 11.6 Å². The zero-order chi connectivity index (χ0) is 28.5. The normalized spacial score (nSPS) is 12.5. The van der Waals surface area contributed by atoms with E-state index >= 15 is 0 Å². The van der Waals surface area contributed by atoms with Gasteiger partial charge in [-0.05, 0) is 31.5 Å². The Morgan fingerprint density at radius 2 is 1.67 bits per heavy atom. The average Bonchev–Trinajstić information content (AvgIpc) is 3.41. The molecule has 0 radical (unpaired) electrons. The molecule has 0 aliphatic rings. The van der Waals surface area contributed by atoms with Crippen molar-refractivity contribution in [2.45, 2.75) is 32.2 Å². The van der Waals surface area contributed by atoms with Crippen LogP contribution < -0.4 is 10.1 Å². The third-order valence-corrected chi connectivity index (χ3v) is 7.19. The van der Waals surface area contributed by atoms with Crippen LogP contribution >= 0.6 is 11.6 Å². The largest absolute Gasteiger partial charge is 0.481 e. The van der Waals surface area contributed by atoms with Gasteiger partial charge >= 0.3 is 6.18 Å². The predicted molar refractivity (Wildman–Crippen MR) is 140 cm³/mol. The van der Waals surface area contributed by atoms with E-state index in [0.29, 0.717) is 38.4 Å². The van der Waals surface area contributed by atoms with E-state index in [4.69, 9.17) is 16.3 Å². The topological polar surface area (TPSA) is 99.3 Å². The molecule has 0 aliphatic carbocycles. The van der Waals surface area contributed by atoms with Crippen molar-refractivity contribution in [1.82, 2.24) is 29.4 Å². The molecule has 4 aromatic rings. The molecule has 1 aromatic carbocycles. The van der Waals surface area contributed by atoms with Crippen LogP contribution in [0, 0.1) is 13.8 Å². The average molecular weight is 567 g/mol. The first-order chi connectivity index (χ1) is 18.4. The lowest BCUT2D eigenvalue weighted by Crippen LogP contribution is -2.33. The molecule has 0 spiro atoms. The van der Waals surface area contributed by atoms with Crippen molar-refractivity contribution in [3.63, 3.8) is 0 Å². The third kappa shape index (κ3) is 5.60. The summed E-state index contributed by atoms with van der Waals surface area (Å²) >= 11 is 6.85. The molecule has 39 heavy (non-hydrogen) atoms. The van der Waals surface area contributed by atoms with Crippen molar-refractivity contribution >= 4 is 22.5 Å². The van der Waals surface area contributed by atoms with E-state index in [-0.39, 0.29) is 25.6 Å². The number of ether oxygens (including phenoxy) is 2. The SMILES string of the molecule is COc1nc2ccc(C(O)(c3cnc(C)n3C)c3cnc(C)n3C)cc2c(Cl)c1CNCCOCC(F)(F)F. The number of nitrogens with one attached hydrogen (secondary N) is 1. The third-order valence-electron chi connectivity index (χ3n) is 6.76. The Bertz CT molecular complexity index is 1440. The molecule has 0 fully saturated rings. The van der Waals surface area contributed by atoms with Gasteiger partial charge in [0.1, 0.15) is 18.3 Å². The van der Waals surface area contributed by atoms with Gasteiger partial charge in [-0.1, -0.05) is 17.7 Å². The number of pyridine rings is 1. The van der Waals surface area contributed by atoms with Gasteiger partial charge in [-0.25, -0.2) is 15.0 Å². The number of alkyl halides is 3. The summed E-state index contributed by atoms with van der Waals surface area (Å²) < 4.78 is 50.6. The molecule has 9 nitrogen and oxygen atoms in total. The summed E-state index contributed by atoms with van der Waals surface area (Å²) in [5.74, 6) is 1.73. The number of fused-ring (bicyclic) bond motifs is 1. The van der Waals surface area contributed by atoms with Gasteiger partial charge < -0.3 is 29.0 Å². The quantitative estimate of drug-likeness (QED) is 0.281. The molecular formula is C26H30ClF3N6O3. The summed E-state index contributed by atoms with van der Waals surface area (Å²) in [4.78, 5) is 13.4. The summed E-state index contributed by atoms with van der Waals surface area (Å²) in [6.07, 6.45) is -1.12. The van der Waals surface area contributed by atoms with Gasteiger partial charge in [-0.3, -0.25) is 0 Å². The number of hydrogen-bond acceptors (Lipinski definition) is 7. The molecule has 13 heteroatoms. The summed E-state index contributed by atoms with van der Waals surface area (Å²) in [6.45, 7) is 2.59. The highest BCUT2D eigenvalue weighted by Crippen LogP contribution is 2.40. The lowest BCUT2D eigenvalue weighted by molar-refractivity contribution is -0.173. The predicted octanol–water partition coefficient (Wildman–Crippen LogP) is 3.93. The molecular weight excluding hydrogens is 537 g/mol. The molecule has 210 valence electrons.